The van der Waals surface area contributed by atoms with Crippen LogP contribution in [0.25, 0.3) is 21.9 Å². The van der Waals surface area contributed by atoms with Crippen LogP contribution in [0.1, 0.15) is 11.1 Å². The molecule has 0 saturated carbocycles. The van der Waals surface area contributed by atoms with Crippen LogP contribution in [-0.4, -0.2) is 43.1 Å². The Kier molecular flexibility index (Phi) is 8.38. The van der Waals surface area contributed by atoms with E-state index in [1.54, 1.807) is 25.3 Å². The van der Waals surface area contributed by atoms with E-state index in [9.17, 15) is 4.79 Å². The van der Waals surface area contributed by atoms with E-state index in [2.05, 4.69) is 46.2 Å². The van der Waals surface area contributed by atoms with Crippen LogP contribution in [0, 0.1) is 0 Å². The van der Waals surface area contributed by atoms with Crippen molar-refractivity contribution in [2.75, 3.05) is 33.3 Å². The summed E-state index contributed by atoms with van der Waals surface area (Å²) in [6.45, 7) is 5.82. The van der Waals surface area contributed by atoms with Crippen molar-refractivity contribution in [3.05, 3.63) is 88.1 Å². The van der Waals surface area contributed by atoms with E-state index < -0.39 is 0 Å². The van der Waals surface area contributed by atoms with E-state index in [-0.39, 0.29) is 30.2 Å². The Hall–Kier alpha value is -2.57. The highest BCUT2D eigenvalue weighted by atomic mass is 35.5. The minimum Gasteiger partial charge on any atom is -0.497 e. The van der Waals surface area contributed by atoms with Gasteiger partial charge in [-0.15, -0.1) is 24.8 Å². The molecule has 1 aromatic heterocycles. The number of hydrogen-bond acceptors (Lipinski definition) is 5. The van der Waals surface area contributed by atoms with Crippen LogP contribution < -0.4 is 10.2 Å². The molecule has 3 aromatic carbocycles. The minimum atomic E-state index is 0. The van der Waals surface area contributed by atoms with Crippen LogP contribution in [0.2, 0.25) is 0 Å². The smallest absolute Gasteiger partial charge is 0.200 e. The van der Waals surface area contributed by atoms with Crippen LogP contribution >= 0.6 is 24.8 Å². The van der Waals surface area contributed by atoms with Crippen molar-refractivity contribution in [2.24, 2.45) is 0 Å². The Morgan fingerprint density at radius 1 is 0.818 bits per heavy atom. The Bertz CT molecular complexity index is 1270. The van der Waals surface area contributed by atoms with Crippen LogP contribution in [0.3, 0.4) is 0 Å². The number of methoxy groups -OCH3 is 1. The molecule has 0 spiro atoms. The molecule has 0 N–H and O–H groups in total. The standard InChI is InChI=1S/C26H26N2O3.2ClH/c1-30-21-10-11-22-24(16-21)31-26-20(8-5-9-23(26)25(22)29)18-28-14-12-27(13-15-28)17-19-6-3-2-4-7-19;;/h2-11,16H,12-15,17-18H2,1H3;2*1H. The third-order valence-corrected chi connectivity index (χ3v) is 6.09. The molecule has 33 heavy (non-hydrogen) atoms. The molecule has 1 aliphatic heterocycles. The van der Waals surface area contributed by atoms with Crippen molar-refractivity contribution in [3.63, 3.8) is 0 Å². The lowest BCUT2D eigenvalue weighted by Crippen LogP contribution is -2.45. The first-order chi connectivity index (χ1) is 15.2. The molecule has 2 heterocycles. The molecule has 1 fully saturated rings. The predicted octanol–water partition coefficient (Wildman–Crippen LogP) is 5.12. The molecule has 0 unspecified atom stereocenters. The van der Waals surface area contributed by atoms with Crippen molar-refractivity contribution in [1.82, 2.24) is 9.80 Å². The third-order valence-electron chi connectivity index (χ3n) is 6.09. The molecule has 0 amide bonds. The summed E-state index contributed by atoms with van der Waals surface area (Å²) in [4.78, 5) is 18.0. The molecule has 7 heteroatoms. The van der Waals surface area contributed by atoms with Gasteiger partial charge in [0.25, 0.3) is 0 Å². The Balaban J connectivity index is 0.00000153. The summed E-state index contributed by atoms with van der Waals surface area (Å²) in [5.74, 6) is 0.682. The third kappa shape index (κ3) is 5.33. The zero-order valence-corrected chi connectivity index (χ0v) is 20.2. The number of benzene rings is 3. The van der Waals surface area contributed by atoms with Crippen molar-refractivity contribution >= 4 is 46.8 Å². The molecule has 1 saturated heterocycles. The fraction of sp³-hybridized carbons (Fsp3) is 0.269. The van der Waals surface area contributed by atoms with Gasteiger partial charge in [-0.3, -0.25) is 14.6 Å². The largest absolute Gasteiger partial charge is 0.497 e. The Labute approximate surface area is 205 Å². The first-order valence-corrected chi connectivity index (χ1v) is 10.7. The van der Waals surface area contributed by atoms with Gasteiger partial charge < -0.3 is 9.15 Å². The topological polar surface area (TPSA) is 45.9 Å². The number of rotatable bonds is 5. The van der Waals surface area contributed by atoms with Crippen molar-refractivity contribution in [1.29, 1.82) is 0 Å². The predicted molar refractivity (Wildman–Crippen MR) is 138 cm³/mol. The van der Waals surface area contributed by atoms with Gasteiger partial charge >= 0.3 is 0 Å². The molecular formula is C26H28Cl2N2O3. The number of hydrogen-bond donors (Lipinski definition) is 0. The van der Waals surface area contributed by atoms with Crippen LogP contribution in [-0.2, 0) is 13.1 Å². The Morgan fingerprint density at radius 2 is 1.52 bits per heavy atom. The van der Waals surface area contributed by atoms with Gasteiger partial charge in [-0.05, 0) is 23.8 Å². The molecule has 0 radical (unpaired) electrons. The van der Waals surface area contributed by atoms with E-state index in [1.165, 1.54) is 5.56 Å². The summed E-state index contributed by atoms with van der Waals surface area (Å²) in [6.07, 6.45) is 0. The fourth-order valence-corrected chi connectivity index (χ4v) is 4.35. The average Bonchev–Trinajstić information content (AvgIpc) is 2.81. The zero-order valence-electron chi connectivity index (χ0n) is 18.5. The maximum absolute atomic E-state index is 13.0. The van der Waals surface area contributed by atoms with E-state index in [0.29, 0.717) is 27.7 Å². The minimum absolute atomic E-state index is 0. The molecular weight excluding hydrogens is 459 g/mol. The monoisotopic (exact) mass is 486 g/mol. The lowest BCUT2D eigenvalue weighted by molar-refractivity contribution is 0.122. The molecule has 0 atom stereocenters. The van der Waals surface area contributed by atoms with Gasteiger partial charge in [0.15, 0.2) is 0 Å². The SMILES string of the molecule is COc1ccc2c(=O)c3cccc(CN4CCN(Cc5ccccc5)CC4)c3oc2c1.Cl.Cl. The molecule has 5 nitrogen and oxygen atoms in total. The molecule has 5 rings (SSSR count). The van der Waals surface area contributed by atoms with Gasteiger partial charge in [0.1, 0.15) is 16.9 Å². The summed E-state index contributed by atoms with van der Waals surface area (Å²) >= 11 is 0. The lowest BCUT2D eigenvalue weighted by atomic mass is 10.1. The summed E-state index contributed by atoms with van der Waals surface area (Å²) in [6, 6.07) is 21.8. The van der Waals surface area contributed by atoms with Crippen LogP contribution in [0.5, 0.6) is 5.75 Å². The number of halogens is 2. The first kappa shape index (κ1) is 25.1. The highest BCUT2D eigenvalue weighted by molar-refractivity contribution is 5.91. The van der Waals surface area contributed by atoms with Gasteiger partial charge in [0.2, 0.25) is 5.43 Å². The maximum Gasteiger partial charge on any atom is 0.200 e. The number of ether oxygens (including phenoxy) is 1. The number of piperazine rings is 1. The first-order valence-electron chi connectivity index (χ1n) is 10.7. The van der Waals surface area contributed by atoms with Crippen LogP contribution in [0.15, 0.2) is 75.9 Å². The van der Waals surface area contributed by atoms with Crippen LogP contribution in [0.4, 0.5) is 0 Å². The van der Waals surface area contributed by atoms with Gasteiger partial charge in [-0.1, -0.05) is 42.5 Å². The molecule has 0 aliphatic carbocycles. The van der Waals surface area contributed by atoms with Gasteiger partial charge in [0, 0.05) is 50.9 Å². The second kappa shape index (κ2) is 11.0. The second-order valence-electron chi connectivity index (χ2n) is 8.12. The van der Waals surface area contributed by atoms with Crippen molar-refractivity contribution in [2.45, 2.75) is 13.1 Å². The molecule has 4 aromatic rings. The second-order valence-corrected chi connectivity index (χ2v) is 8.12. The summed E-state index contributed by atoms with van der Waals surface area (Å²) in [7, 11) is 1.61. The van der Waals surface area contributed by atoms with Gasteiger partial charge in [-0.2, -0.15) is 0 Å². The maximum atomic E-state index is 13.0. The normalized spacial score (nSPS) is 14.6. The summed E-state index contributed by atoms with van der Waals surface area (Å²) in [5, 5.41) is 1.22. The van der Waals surface area contributed by atoms with Gasteiger partial charge in [-0.25, -0.2) is 0 Å². The van der Waals surface area contributed by atoms with Gasteiger partial charge in [0.05, 0.1) is 17.9 Å². The van der Waals surface area contributed by atoms with E-state index >= 15 is 0 Å². The fourth-order valence-electron chi connectivity index (χ4n) is 4.35. The lowest BCUT2D eigenvalue weighted by Gasteiger charge is -2.34. The molecule has 174 valence electrons. The van der Waals surface area contributed by atoms with E-state index in [4.69, 9.17) is 9.15 Å². The van der Waals surface area contributed by atoms with Crippen molar-refractivity contribution in [3.8, 4) is 5.75 Å². The summed E-state index contributed by atoms with van der Waals surface area (Å²) in [5.41, 5.74) is 3.66. The number of para-hydroxylation sites is 1. The quantitative estimate of drug-likeness (QED) is 0.366. The number of nitrogens with zero attached hydrogens (tertiary/aromatic N) is 2. The number of fused-ring (bicyclic) bond motifs is 2. The molecule has 0 bridgehead atoms. The average molecular weight is 487 g/mol. The Morgan fingerprint density at radius 3 is 2.21 bits per heavy atom. The van der Waals surface area contributed by atoms with Crippen molar-refractivity contribution < 1.29 is 9.15 Å². The zero-order chi connectivity index (χ0) is 21.2. The highest BCUT2D eigenvalue weighted by Crippen LogP contribution is 2.26. The van der Waals surface area contributed by atoms with E-state index in [0.717, 1.165) is 44.8 Å². The molecule has 1 aliphatic rings. The van der Waals surface area contributed by atoms with E-state index in [1.807, 2.05) is 12.1 Å². The highest BCUT2D eigenvalue weighted by Gasteiger charge is 2.19. The summed E-state index contributed by atoms with van der Waals surface area (Å²) < 4.78 is 11.5.